The summed E-state index contributed by atoms with van der Waals surface area (Å²) in [5.41, 5.74) is 1.00. The van der Waals surface area contributed by atoms with Crippen molar-refractivity contribution in [2.45, 2.75) is 6.42 Å². The van der Waals surface area contributed by atoms with E-state index in [9.17, 15) is 9.59 Å². The van der Waals surface area contributed by atoms with E-state index in [2.05, 4.69) is 5.32 Å². The van der Waals surface area contributed by atoms with Crippen molar-refractivity contribution in [1.29, 1.82) is 0 Å². The zero-order valence-electron chi connectivity index (χ0n) is 14.4. The van der Waals surface area contributed by atoms with E-state index >= 15 is 0 Å². The summed E-state index contributed by atoms with van der Waals surface area (Å²) in [6.45, 7) is 0.0213. The van der Waals surface area contributed by atoms with Crippen molar-refractivity contribution in [3.05, 3.63) is 54.1 Å². The van der Waals surface area contributed by atoms with Crippen LogP contribution >= 0.6 is 0 Å². The lowest BCUT2D eigenvalue weighted by molar-refractivity contribution is -0.139. The topological polar surface area (TPSA) is 94.1 Å². The molecule has 7 nitrogen and oxygen atoms in total. The highest BCUT2D eigenvalue weighted by molar-refractivity contribution is 5.77. The third kappa shape index (κ3) is 6.72. The first-order valence-corrected chi connectivity index (χ1v) is 8.04. The number of ether oxygens (including phenoxy) is 3. The van der Waals surface area contributed by atoms with Gasteiger partial charge in [-0.15, -0.1) is 0 Å². The molecule has 0 aliphatic heterocycles. The lowest BCUT2D eigenvalue weighted by atomic mass is 10.1. The van der Waals surface area contributed by atoms with Crippen LogP contribution in [0.4, 0.5) is 0 Å². The number of amides is 1. The van der Waals surface area contributed by atoms with E-state index in [1.807, 2.05) is 12.1 Å². The Bertz CT molecular complexity index is 729. The molecule has 2 aromatic rings. The summed E-state index contributed by atoms with van der Waals surface area (Å²) >= 11 is 0. The van der Waals surface area contributed by atoms with Crippen molar-refractivity contribution >= 4 is 11.9 Å². The molecule has 0 saturated carbocycles. The molecule has 0 unspecified atom stereocenters. The Labute approximate surface area is 151 Å². The van der Waals surface area contributed by atoms with Gasteiger partial charge < -0.3 is 24.6 Å². The fraction of sp³-hybridized carbons (Fsp3) is 0.263. The van der Waals surface area contributed by atoms with Gasteiger partial charge in [-0.2, -0.15) is 0 Å². The normalized spacial score (nSPS) is 10.0. The Morgan fingerprint density at radius 2 is 1.65 bits per heavy atom. The van der Waals surface area contributed by atoms with Crippen molar-refractivity contribution < 1.29 is 28.9 Å². The molecule has 0 radical (unpaired) electrons. The SMILES string of the molecule is COc1cccc(OCC(=O)NCCc2ccc(OCC(=O)O)cc2)c1. The van der Waals surface area contributed by atoms with Crippen LogP contribution in [-0.2, 0) is 16.0 Å². The van der Waals surface area contributed by atoms with Crippen LogP contribution in [0.25, 0.3) is 0 Å². The molecule has 0 bridgehead atoms. The third-order valence-electron chi connectivity index (χ3n) is 3.43. The molecule has 0 heterocycles. The molecule has 0 spiro atoms. The summed E-state index contributed by atoms with van der Waals surface area (Å²) < 4.78 is 15.6. The summed E-state index contributed by atoms with van der Waals surface area (Å²) in [6, 6.07) is 14.1. The van der Waals surface area contributed by atoms with E-state index in [4.69, 9.17) is 19.3 Å². The van der Waals surface area contributed by atoms with E-state index < -0.39 is 5.97 Å². The van der Waals surface area contributed by atoms with Crippen LogP contribution < -0.4 is 19.5 Å². The van der Waals surface area contributed by atoms with Crippen LogP contribution in [0.5, 0.6) is 17.2 Å². The molecule has 0 saturated heterocycles. The molecule has 0 aliphatic carbocycles. The van der Waals surface area contributed by atoms with Crippen LogP contribution in [0, 0.1) is 0 Å². The Kier molecular flexibility index (Phi) is 7.30. The fourth-order valence-electron chi connectivity index (χ4n) is 2.13. The van der Waals surface area contributed by atoms with Gasteiger partial charge in [0.15, 0.2) is 13.2 Å². The van der Waals surface area contributed by atoms with Crippen molar-refractivity contribution in [2.75, 3.05) is 26.9 Å². The van der Waals surface area contributed by atoms with Crippen molar-refractivity contribution in [1.82, 2.24) is 5.32 Å². The number of rotatable bonds is 10. The molecule has 26 heavy (non-hydrogen) atoms. The maximum Gasteiger partial charge on any atom is 0.341 e. The molecule has 0 fully saturated rings. The smallest absolute Gasteiger partial charge is 0.341 e. The molecule has 1 amide bonds. The second-order valence-corrected chi connectivity index (χ2v) is 5.39. The quantitative estimate of drug-likeness (QED) is 0.673. The highest BCUT2D eigenvalue weighted by atomic mass is 16.5. The number of carboxylic acids is 1. The van der Waals surface area contributed by atoms with Gasteiger partial charge in [0.25, 0.3) is 5.91 Å². The van der Waals surface area contributed by atoms with Crippen LogP contribution in [0.1, 0.15) is 5.56 Å². The molecular weight excluding hydrogens is 338 g/mol. The summed E-state index contributed by atoms with van der Waals surface area (Å²) in [5.74, 6) is 0.490. The van der Waals surface area contributed by atoms with Gasteiger partial charge >= 0.3 is 5.97 Å². The predicted octanol–water partition coefficient (Wildman–Crippen LogP) is 1.90. The van der Waals surface area contributed by atoms with Crippen molar-refractivity contribution in [2.24, 2.45) is 0 Å². The summed E-state index contributed by atoms with van der Waals surface area (Å²) in [7, 11) is 1.57. The number of aliphatic carboxylic acids is 1. The highest BCUT2D eigenvalue weighted by Crippen LogP contribution is 2.18. The Hall–Kier alpha value is -3.22. The summed E-state index contributed by atoms with van der Waals surface area (Å²) in [4.78, 5) is 22.3. The van der Waals surface area contributed by atoms with Gasteiger partial charge in [-0.05, 0) is 36.2 Å². The third-order valence-corrected chi connectivity index (χ3v) is 3.43. The molecule has 138 valence electrons. The zero-order valence-corrected chi connectivity index (χ0v) is 14.4. The Morgan fingerprint density at radius 3 is 2.35 bits per heavy atom. The number of methoxy groups -OCH3 is 1. The van der Waals surface area contributed by atoms with Gasteiger partial charge in [0.1, 0.15) is 17.2 Å². The molecule has 2 rings (SSSR count). The van der Waals surface area contributed by atoms with Crippen molar-refractivity contribution in [3.63, 3.8) is 0 Å². The molecule has 7 heteroatoms. The average Bonchev–Trinajstić information content (AvgIpc) is 2.66. The first-order chi connectivity index (χ1) is 12.6. The molecule has 2 N–H and O–H groups in total. The second-order valence-electron chi connectivity index (χ2n) is 5.39. The highest BCUT2D eigenvalue weighted by Gasteiger charge is 2.04. The number of hydrogen-bond acceptors (Lipinski definition) is 5. The Morgan fingerprint density at radius 1 is 0.962 bits per heavy atom. The minimum absolute atomic E-state index is 0.0743. The molecule has 0 aliphatic rings. The minimum Gasteiger partial charge on any atom is -0.497 e. The maximum atomic E-state index is 11.8. The molecular formula is C19H21NO6. The summed E-state index contributed by atoms with van der Waals surface area (Å²) in [5, 5.41) is 11.3. The van der Waals surface area contributed by atoms with Crippen LogP contribution in [-0.4, -0.2) is 43.9 Å². The first kappa shape index (κ1) is 19.1. The molecule has 2 aromatic carbocycles. The first-order valence-electron chi connectivity index (χ1n) is 8.04. The number of hydrogen-bond donors (Lipinski definition) is 2. The number of carbonyl (C=O) groups is 2. The zero-order chi connectivity index (χ0) is 18.8. The second kappa shape index (κ2) is 9.93. The van der Waals surface area contributed by atoms with Gasteiger partial charge in [-0.1, -0.05) is 18.2 Å². The average molecular weight is 359 g/mol. The molecule has 0 atom stereocenters. The van der Waals surface area contributed by atoms with Crippen molar-refractivity contribution in [3.8, 4) is 17.2 Å². The Balaban J connectivity index is 1.68. The largest absolute Gasteiger partial charge is 0.497 e. The van der Waals surface area contributed by atoms with Gasteiger partial charge in [0.2, 0.25) is 0 Å². The lowest BCUT2D eigenvalue weighted by Crippen LogP contribution is -2.30. The lowest BCUT2D eigenvalue weighted by Gasteiger charge is -2.09. The van der Waals surface area contributed by atoms with Gasteiger partial charge in [0, 0.05) is 12.6 Å². The monoisotopic (exact) mass is 359 g/mol. The van der Waals surface area contributed by atoms with Gasteiger partial charge in [0.05, 0.1) is 7.11 Å². The predicted molar refractivity (Wildman–Crippen MR) is 94.8 cm³/mol. The number of nitrogens with one attached hydrogen (secondary N) is 1. The fourth-order valence-corrected chi connectivity index (χ4v) is 2.13. The van der Waals surface area contributed by atoms with E-state index in [-0.39, 0.29) is 19.1 Å². The summed E-state index contributed by atoms with van der Waals surface area (Å²) in [6.07, 6.45) is 0.643. The van der Waals surface area contributed by atoms with E-state index in [0.717, 1.165) is 5.56 Å². The maximum absolute atomic E-state index is 11.8. The van der Waals surface area contributed by atoms with E-state index in [1.165, 1.54) is 0 Å². The van der Waals surface area contributed by atoms with Gasteiger partial charge in [-0.25, -0.2) is 4.79 Å². The van der Waals surface area contributed by atoms with Crippen LogP contribution in [0.2, 0.25) is 0 Å². The van der Waals surface area contributed by atoms with Gasteiger partial charge in [-0.3, -0.25) is 4.79 Å². The van der Waals surface area contributed by atoms with E-state index in [0.29, 0.717) is 30.2 Å². The minimum atomic E-state index is -1.02. The van der Waals surface area contributed by atoms with Crippen LogP contribution in [0.3, 0.4) is 0 Å². The molecule has 0 aromatic heterocycles. The number of carbonyl (C=O) groups excluding carboxylic acids is 1. The number of benzene rings is 2. The van der Waals surface area contributed by atoms with E-state index in [1.54, 1.807) is 43.5 Å². The number of carboxylic acid groups (broad SMARTS) is 1. The van der Waals surface area contributed by atoms with Crippen LogP contribution in [0.15, 0.2) is 48.5 Å². The standard InChI is InChI=1S/C19H21NO6/c1-24-16-3-2-4-17(11-16)25-12-18(21)20-10-9-14-5-7-15(8-6-14)26-13-19(22)23/h2-8,11H,9-10,12-13H2,1H3,(H,20,21)(H,22,23).